The van der Waals surface area contributed by atoms with E-state index in [0.29, 0.717) is 17.4 Å². The number of carbonyl (C=O) groups is 2. The van der Waals surface area contributed by atoms with Crippen LogP contribution >= 0.6 is 0 Å². The predicted octanol–water partition coefficient (Wildman–Crippen LogP) is 8.29. The minimum Gasteiger partial charge on any atom is -0.487 e. The van der Waals surface area contributed by atoms with Crippen LogP contribution in [0.25, 0.3) is 17.0 Å². The summed E-state index contributed by atoms with van der Waals surface area (Å²) in [5, 5.41) is 0.822. The van der Waals surface area contributed by atoms with Crippen molar-refractivity contribution in [3.05, 3.63) is 89.8 Å². The first kappa shape index (κ1) is 32.0. The Hall–Kier alpha value is -4.53. The molecule has 9 nitrogen and oxygen atoms in total. The summed E-state index contributed by atoms with van der Waals surface area (Å²) >= 11 is 0. The number of carbonyl (C=O) groups excluding carboxylic acids is 2. The van der Waals surface area contributed by atoms with Gasteiger partial charge >= 0.3 is 12.2 Å². The quantitative estimate of drug-likeness (QED) is 0.150. The van der Waals surface area contributed by atoms with E-state index in [1.54, 1.807) is 53.7 Å². The molecule has 0 unspecified atom stereocenters. The number of allylic oxidation sites excluding steroid dienone is 3. The van der Waals surface area contributed by atoms with Gasteiger partial charge in [0.1, 0.15) is 35.0 Å². The average Bonchev–Trinajstić information content (AvgIpc) is 3.28. The van der Waals surface area contributed by atoms with Gasteiger partial charge < -0.3 is 18.6 Å². The second kappa shape index (κ2) is 13.9. The SMILES string of the molecule is C/C(=C\C=C\CN(OC(=O)OC(C)(C)C)C(=O)OC(C)(C)C)c1cccc(OCc2nc(-c3ccccc3)oc2C)c1. The number of nitrogens with zero attached hydrogens (tertiary/aromatic N) is 2. The van der Waals surface area contributed by atoms with Gasteiger partial charge in [-0.05, 0) is 90.8 Å². The maximum atomic E-state index is 12.6. The lowest BCUT2D eigenvalue weighted by Gasteiger charge is -2.26. The van der Waals surface area contributed by atoms with Crippen molar-refractivity contribution < 1.29 is 33.1 Å². The van der Waals surface area contributed by atoms with Gasteiger partial charge in [0.05, 0.1) is 6.54 Å². The number of oxazole rings is 1. The third-order valence-corrected chi connectivity index (χ3v) is 5.50. The van der Waals surface area contributed by atoms with E-state index in [4.69, 9.17) is 23.5 Å². The molecule has 9 heteroatoms. The number of hydroxylamine groups is 2. The summed E-state index contributed by atoms with van der Waals surface area (Å²) in [5.41, 5.74) is 2.01. The van der Waals surface area contributed by atoms with E-state index >= 15 is 0 Å². The Labute approximate surface area is 247 Å². The standard InChI is InChI=1S/C33H40N2O7/c1-23(15-12-13-20-35(30(36)40-32(3,4)5)42-31(37)41-33(6,7)8)26-18-14-19-27(21-26)38-22-28-24(2)39-29(34-28)25-16-10-9-11-17-25/h9-19,21H,20,22H2,1-8H3/b13-12+,23-15+. The predicted molar refractivity (Wildman–Crippen MR) is 160 cm³/mol. The number of ether oxygens (including phenoxy) is 3. The van der Waals surface area contributed by atoms with Gasteiger partial charge in [-0.2, -0.15) is 0 Å². The van der Waals surface area contributed by atoms with Crippen molar-refractivity contribution in [3.8, 4) is 17.2 Å². The van der Waals surface area contributed by atoms with Crippen LogP contribution in [0.4, 0.5) is 9.59 Å². The molecule has 0 radical (unpaired) electrons. The molecule has 3 rings (SSSR count). The lowest BCUT2D eigenvalue weighted by molar-refractivity contribution is -0.130. The second-order valence-electron chi connectivity index (χ2n) is 11.6. The highest BCUT2D eigenvalue weighted by molar-refractivity contribution is 5.70. The maximum absolute atomic E-state index is 12.6. The summed E-state index contributed by atoms with van der Waals surface area (Å²) in [6.07, 6.45) is 3.52. The number of aryl methyl sites for hydroxylation is 1. The molecule has 0 fully saturated rings. The topological polar surface area (TPSA) is 100 Å². The Kier molecular flexibility index (Phi) is 10.6. The van der Waals surface area contributed by atoms with Crippen LogP contribution in [0.15, 0.2) is 77.2 Å². The molecular formula is C33H40N2O7. The van der Waals surface area contributed by atoms with E-state index in [1.165, 1.54) is 0 Å². The number of hydrogen-bond donors (Lipinski definition) is 0. The van der Waals surface area contributed by atoms with Crippen molar-refractivity contribution in [1.29, 1.82) is 0 Å². The van der Waals surface area contributed by atoms with Crippen molar-refractivity contribution >= 4 is 17.8 Å². The zero-order valence-electron chi connectivity index (χ0n) is 25.6. The van der Waals surface area contributed by atoms with Crippen LogP contribution in [0.2, 0.25) is 0 Å². The monoisotopic (exact) mass is 576 g/mol. The molecule has 0 saturated heterocycles. The molecule has 0 aliphatic carbocycles. The van der Waals surface area contributed by atoms with Crippen LogP contribution in [-0.2, 0) is 20.9 Å². The van der Waals surface area contributed by atoms with Crippen molar-refractivity contribution in [2.75, 3.05) is 6.54 Å². The third kappa shape index (κ3) is 10.5. The molecule has 0 spiro atoms. The zero-order valence-corrected chi connectivity index (χ0v) is 25.6. The number of rotatable bonds is 8. The van der Waals surface area contributed by atoms with Crippen molar-refractivity contribution in [2.24, 2.45) is 0 Å². The van der Waals surface area contributed by atoms with Crippen molar-refractivity contribution in [1.82, 2.24) is 10.0 Å². The maximum Gasteiger partial charge on any atom is 0.534 e. The van der Waals surface area contributed by atoms with Crippen molar-refractivity contribution in [3.63, 3.8) is 0 Å². The van der Waals surface area contributed by atoms with Gasteiger partial charge in [-0.15, -0.1) is 5.06 Å². The summed E-state index contributed by atoms with van der Waals surface area (Å²) < 4.78 is 22.4. The Morgan fingerprint density at radius 1 is 0.952 bits per heavy atom. The molecule has 3 aromatic rings. The third-order valence-electron chi connectivity index (χ3n) is 5.50. The van der Waals surface area contributed by atoms with Gasteiger partial charge in [0.15, 0.2) is 0 Å². The van der Waals surface area contributed by atoms with Gasteiger partial charge in [0.25, 0.3) is 0 Å². The smallest absolute Gasteiger partial charge is 0.487 e. The minimum absolute atomic E-state index is 0.0386. The highest BCUT2D eigenvalue weighted by Crippen LogP contribution is 2.24. The Morgan fingerprint density at radius 3 is 2.31 bits per heavy atom. The first-order chi connectivity index (χ1) is 19.7. The molecule has 2 aromatic carbocycles. The van der Waals surface area contributed by atoms with Crippen molar-refractivity contribution in [2.45, 2.75) is 73.2 Å². The Balaban J connectivity index is 1.63. The summed E-state index contributed by atoms with van der Waals surface area (Å²) in [4.78, 5) is 34.5. The Morgan fingerprint density at radius 2 is 1.64 bits per heavy atom. The van der Waals surface area contributed by atoms with Crippen LogP contribution < -0.4 is 4.74 Å². The van der Waals surface area contributed by atoms with E-state index in [0.717, 1.165) is 27.5 Å². The fraction of sp³-hybridized carbons (Fsp3) is 0.364. The molecular weight excluding hydrogens is 536 g/mol. The van der Waals surface area contributed by atoms with Crippen LogP contribution in [0.1, 0.15) is 65.5 Å². The highest BCUT2D eigenvalue weighted by atomic mass is 16.8. The molecule has 0 bridgehead atoms. The first-order valence-corrected chi connectivity index (χ1v) is 13.7. The zero-order chi connectivity index (χ0) is 30.9. The van der Waals surface area contributed by atoms with Crippen LogP contribution in [0, 0.1) is 6.92 Å². The number of amides is 1. The Bertz CT molecular complexity index is 1410. The molecule has 42 heavy (non-hydrogen) atoms. The molecule has 0 aliphatic heterocycles. The minimum atomic E-state index is -0.998. The van der Waals surface area contributed by atoms with Gasteiger partial charge in [-0.25, -0.2) is 14.6 Å². The van der Waals surface area contributed by atoms with Crippen LogP contribution in [-0.4, -0.2) is 40.0 Å². The fourth-order valence-corrected chi connectivity index (χ4v) is 3.53. The summed E-state index contributed by atoms with van der Waals surface area (Å²) in [5.74, 6) is 1.96. The largest absolute Gasteiger partial charge is 0.534 e. The normalized spacial score (nSPS) is 12.2. The highest BCUT2D eigenvalue weighted by Gasteiger charge is 2.27. The fourth-order valence-electron chi connectivity index (χ4n) is 3.53. The molecule has 0 saturated carbocycles. The summed E-state index contributed by atoms with van der Waals surface area (Å²) in [7, 11) is 0. The van der Waals surface area contributed by atoms with Crippen LogP contribution in [0.3, 0.4) is 0 Å². The summed E-state index contributed by atoms with van der Waals surface area (Å²) in [6, 6.07) is 17.4. The van der Waals surface area contributed by atoms with E-state index in [-0.39, 0.29) is 13.2 Å². The average molecular weight is 577 g/mol. The lowest BCUT2D eigenvalue weighted by atomic mass is 10.1. The number of hydrogen-bond acceptors (Lipinski definition) is 8. The van der Waals surface area contributed by atoms with Gasteiger partial charge in [0, 0.05) is 5.56 Å². The number of aromatic nitrogens is 1. The van der Waals surface area contributed by atoms with Gasteiger partial charge in [0.2, 0.25) is 5.89 Å². The van der Waals surface area contributed by atoms with E-state index in [2.05, 4.69) is 4.98 Å². The molecule has 1 aromatic heterocycles. The first-order valence-electron chi connectivity index (χ1n) is 13.7. The molecule has 0 aliphatic rings. The van der Waals surface area contributed by atoms with E-state index in [1.807, 2.05) is 74.5 Å². The van der Waals surface area contributed by atoms with E-state index in [9.17, 15) is 9.59 Å². The molecule has 1 amide bonds. The number of benzene rings is 2. The molecule has 224 valence electrons. The summed E-state index contributed by atoms with van der Waals surface area (Å²) in [6.45, 7) is 14.4. The second-order valence-corrected chi connectivity index (χ2v) is 11.6. The van der Waals surface area contributed by atoms with Gasteiger partial charge in [-0.1, -0.05) is 48.6 Å². The molecule has 0 atom stereocenters. The van der Waals surface area contributed by atoms with E-state index < -0.39 is 23.5 Å². The molecule has 1 heterocycles. The van der Waals surface area contributed by atoms with Gasteiger partial charge in [-0.3, -0.25) is 4.84 Å². The molecule has 0 N–H and O–H groups in total. The van der Waals surface area contributed by atoms with Crippen LogP contribution in [0.5, 0.6) is 5.75 Å². The lowest BCUT2D eigenvalue weighted by Crippen LogP contribution is -2.39.